The number of likely N-dealkylation sites (tertiary alicyclic amines) is 1. The van der Waals surface area contributed by atoms with E-state index in [0.717, 1.165) is 59.3 Å². The largest absolute Gasteiger partial charge is 0.383 e. The number of hydrogen-bond acceptors (Lipinski definition) is 5. The Bertz CT molecular complexity index is 1080. The van der Waals surface area contributed by atoms with Gasteiger partial charge in [0.25, 0.3) is 5.56 Å². The zero-order chi connectivity index (χ0) is 21.3. The Morgan fingerprint density at radius 1 is 1.27 bits per heavy atom. The molecule has 3 heterocycles. The van der Waals surface area contributed by atoms with Crippen molar-refractivity contribution in [3.8, 4) is 0 Å². The molecule has 2 N–H and O–H groups in total. The molecule has 1 saturated heterocycles. The van der Waals surface area contributed by atoms with Gasteiger partial charge in [-0.15, -0.1) is 5.10 Å². The van der Waals surface area contributed by atoms with Crippen LogP contribution in [0.2, 0.25) is 0 Å². The summed E-state index contributed by atoms with van der Waals surface area (Å²) in [5.74, 6) is 1.44. The first-order valence-corrected chi connectivity index (χ1v) is 10.7. The van der Waals surface area contributed by atoms with Gasteiger partial charge in [0.1, 0.15) is 0 Å². The van der Waals surface area contributed by atoms with Crippen molar-refractivity contribution < 1.29 is 9.64 Å². The van der Waals surface area contributed by atoms with Crippen LogP contribution in [0.3, 0.4) is 0 Å². The van der Waals surface area contributed by atoms with E-state index in [9.17, 15) is 4.79 Å². The Labute approximate surface area is 176 Å². The number of fused-ring (bicyclic) bond motifs is 1. The van der Waals surface area contributed by atoms with Crippen molar-refractivity contribution in [1.29, 1.82) is 0 Å². The minimum Gasteiger partial charge on any atom is -0.383 e. The molecule has 1 atom stereocenters. The number of tetrazole rings is 1. The summed E-state index contributed by atoms with van der Waals surface area (Å²) in [6, 6.07) is 6.00. The maximum absolute atomic E-state index is 13.3. The zero-order valence-electron chi connectivity index (χ0n) is 18.2. The summed E-state index contributed by atoms with van der Waals surface area (Å²) in [6.45, 7) is 9.46. The Morgan fingerprint density at radius 3 is 2.73 bits per heavy atom. The summed E-state index contributed by atoms with van der Waals surface area (Å²) in [5.41, 5.74) is 3.79. The van der Waals surface area contributed by atoms with E-state index in [2.05, 4.69) is 46.5 Å². The van der Waals surface area contributed by atoms with Gasteiger partial charge in [-0.1, -0.05) is 19.1 Å². The van der Waals surface area contributed by atoms with Gasteiger partial charge in [-0.3, -0.25) is 4.79 Å². The highest BCUT2D eigenvalue weighted by Gasteiger charge is 2.36. The summed E-state index contributed by atoms with van der Waals surface area (Å²) < 4.78 is 7.02. The molecule has 0 radical (unpaired) electrons. The monoisotopic (exact) mass is 411 g/mol. The first-order valence-electron chi connectivity index (χ1n) is 10.7. The lowest BCUT2D eigenvalue weighted by molar-refractivity contribution is -0.932. The molecular formula is C22H31N6O2+. The van der Waals surface area contributed by atoms with Crippen LogP contribution in [0.4, 0.5) is 0 Å². The van der Waals surface area contributed by atoms with Crippen molar-refractivity contribution in [2.45, 2.75) is 46.2 Å². The van der Waals surface area contributed by atoms with Gasteiger partial charge in [0, 0.05) is 12.5 Å². The first-order chi connectivity index (χ1) is 14.5. The smallest absolute Gasteiger partial charge is 0.258 e. The molecule has 8 nitrogen and oxygen atoms in total. The number of nitrogens with one attached hydrogen (secondary N) is 2. The lowest BCUT2D eigenvalue weighted by atomic mass is 9.94. The van der Waals surface area contributed by atoms with Crippen LogP contribution in [0.25, 0.3) is 10.9 Å². The van der Waals surface area contributed by atoms with Crippen LogP contribution in [0.5, 0.6) is 0 Å². The zero-order valence-corrected chi connectivity index (χ0v) is 18.2. The van der Waals surface area contributed by atoms with E-state index < -0.39 is 0 Å². The number of hydrogen-bond donors (Lipinski definition) is 2. The minimum absolute atomic E-state index is 0.0615. The maximum Gasteiger partial charge on any atom is 0.258 e. The SMILES string of the molecule is COCCn1nnnc1[C@@H](c1cc2c(C)ccc(C)c2[nH]c1=O)[NH+]1CCC(C)CC1. The Kier molecular flexibility index (Phi) is 5.97. The number of methoxy groups -OCH3 is 1. The van der Waals surface area contributed by atoms with E-state index in [1.165, 1.54) is 4.90 Å². The second kappa shape index (κ2) is 8.65. The van der Waals surface area contributed by atoms with Gasteiger partial charge in [0.15, 0.2) is 6.04 Å². The predicted molar refractivity (Wildman–Crippen MR) is 115 cm³/mol. The van der Waals surface area contributed by atoms with Crippen molar-refractivity contribution in [2.24, 2.45) is 5.92 Å². The number of pyridine rings is 1. The molecule has 1 aromatic carbocycles. The van der Waals surface area contributed by atoms with Gasteiger partial charge in [-0.2, -0.15) is 0 Å². The molecule has 1 aliphatic heterocycles. The van der Waals surface area contributed by atoms with Crippen LogP contribution in [-0.4, -0.2) is 52.0 Å². The maximum atomic E-state index is 13.3. The molecule has 0 aliphatic carbocycles. The molecule has 160 valence electrons. The molecule has 1 aliphatic rings. The van der Waals surface area contributed by atoms with Crippen LogP contribution < -0.4 is 10.5 Å². The van der Waals surface area contributed by atoms with E-state index in [-0.39, 0.29) is 11.6 Å². The van der Waals surface area contributed by atoms with Crippen molar-refractivity contribution in [3.05, 3.63) is 51.1 Å². The van der Waals surface area contributed by atoms with E-state index in [1.54, 1.807) is 11.8 Å². The van der Waals surface area contributed by atoms with E-state index in [4.69, 9.17) is 4.74 Å². The fraction of sp³-hybridized carbons (Fsp3) is 0.545. The molecule has 1 fully saturated rings. The summed E-state index contributed by atoms with van der Waals surface area (Å²) in [5, 5.41) is 13.6. The highest BCUT2D eigenvalue weighted by molar-refractivity contribution is 5.85. The third-order valence-electron chi connectivity index (χ3n) is 6.43. The van der Waals surface area contributed by atoms with Gasteiger partial charge in [-0.25, -0.2) is 4.68 Å². The van der Waals surface area contributed by atoms with Crippen molar-refractivity contribution in [3.63, 3.8) is 0 Å². The summed E-state index contributed by atoms with van der Waals surface area (Å²) in [6.07, 6.45) is 2.27. The summed E-state index contributed by atoms with van der Waals surface area (Å²) in [7, 11) is 1.66. The predicted octanol–water partition coefficient (Wildman–Crippen LogP) is 1.18. The molecule has 0 saturated carbocycles. The Balaban J connectivity index is 1.86. The third-order valence-corrected chi connectivity index (χ3v) is 6.43. The summed E-state index contributed by atoms with van der Waals surface area (Å²) in [4.78, 5) is 17.8. The van der Waals surface area contributed by atoms with Gasteiger partial charge in [0.2, 0.25) is 5.82 Å². The number of rotatable bonds is 6. The van der Waals surface area contributed by atoms with Crippen molar-refractivity contribution in [1.82, 2.24) is 25.2 Å². The van der Waals surface area contributed by atoms with E-state index >= 15 is 0 Å². The first kappa shape index (κ1) is 20.7. The average molecular weight is 412 g/mol. The normalized spacial score (nSPS) is 20.5. The third kappa shape index (κ3) is 3.89. The van der Waals surface area contributed by atoms with Crippen LogP contribution in [0.1, 0.15) is 48.3 Å². The van der Waals surface area contributed by atoms with Crippen molar-refractivity contribution in [2.75, 3.05) is 26.8 Å². The molecule has 0 bridgehead atoms. The number of aromatic amines is 1. The topological polar surface area (TPSA) is 90.1 Å². The Hall–Kier alpha value is -2.58. The second-order valence-corrected chi connectivity index (χ2v) is 8.57. The van der Waals surface area contributed by atoms with E-state index in [0.29, 0.717) is 19.1 Å². The molecule has 2 aromatic heterocycles. The number of aromatic nitrogens is 5. The average Bonchev–Trinajstić information content (AvgIpc) is 3.19. The number of nitrogens with zero attached hydrogens (tertiary/aromatic N) is 4. The van der Waals surface area contributed by atoms with Crippen LogP contribution in [-0.2, 0) is 11.3 Å². The molecule has 8 heteroatoms. The standard InChI is InChI=1S/C22H30N6O2/c1-14-7-9-27(10-8-14)20(21-24-25-26-28(21)11-12-30-4)18-13-17-15(2)5-6-16(3)19(17)23-22(18)29/h5-6,13-14,20H,7-12H2,1-4H3,(H,23,29)/p+1/t20-/m1/s1. The molecule has 30 heavy (non-hydrogen) atoms. The van der Waals surface area contributed by atoms with Crippen molar-refractivity contribution >= 4 is 10.9 Å². The number of H-pyrrole nitrogens is 1. The lowest BCUT2D eigenvalue weighted by Crippen LogP contribution is -3.13. The molecule has 0 amide bonds. The highest BCUT2D eigenvalue weighted by atomic mass is 16.5. The molecular weight excluding hydrogens is 380 g/mol. The van der Waals surface area contributed by atoms with Gasteiger partial charge < -0.3 is 14.6 Å². The quantitative estimate of drug-likeness (QED) is 0.636. The number of aryl methyl sites for hydroxylation is 2. The number of piperidine rings is 1. The fourth-order valence-electron chi connectivity index (χ4n) is 4.52. The molecule has 4 rings (SSSR count). The molecule has 0 unspecified atom stereocenters. The van der Waals surface area contributed by atoms with Gasteiger partial charge in [-0.05, 0) is 60.2 Å². The minimum atomic E-state index is -0.211. The number of benzene rings is 1. The molecule has 0 spiro atoms. The van der Waals surface area contributed by atoms with Crippen LogP contribution >= 0.6 is 0 Å². The molecule has 3 aromatic rings. The van der Waals surface area contributed by atoms with Crippen LogP contribution in [0, 0.1) is 19.8 Å². The Morgan fingerprint density at radius 2 is 2.00 bits per heavy atom. The van der Waals surface area contributed by atoms with Crippen LogP contribution in [0.15, 0.2) is 23.0 Å². The number of ether oxygens (including phenoxy) is 1. The second-order valence-electron chi connectivity index (χ2n) is 8.57. The number of quaternary nitrogens is 1. The fourth-order valence-corrected chi connectivity index (χ4v) is 4.52. The van der Waals surface area contributed by atoms with Gasteiger partial charge in [0.05, 0.1) is 37.3 Å². The van der Waals surface area contributed by atoms with E-state index in [1.807, 2.05) is 13.0 Å². The highest BCUT2D eigenvalue weighted by Crippen LogP contribution is 2.24. The van der Waals surface area contributed by atoms with Gasteiger partial charge >= 0.3 is 0 Å². The summed E-state index contributed by atoms with van der Waals surface area (Å²) >= 11 is 0. The lowest BCUT2D eigenvalue weighted by Gasteiger charge is -2.33.